The maximum absolute atomic E-state index is 12.4. The molecule has 2 rings (SSSR count). The first-order chi connectivity index (χ1) is 10.4. The minimum Gasteiger partial charge on any atom is -0.451 e. The second-order valence-corrected chi connectivity index (χ2v) is 5.64. The fourth-order valence-corrected chi connectivity index (χ4v) is 2.87. The van der Waals surface area contributed by atoms with Gasteiger partial charge in [-0.25, -0.2) is 4.79 Å². The summed E-state index contributed by atoms with van der Waals surface area (Å²) in [5.41, 5.74) is -0.845. The molecule has 1 atom stereocenters. The van der Waals surface area contributed by atoms with E-state index in [1.54, 1.807) is 6.92 Å². The summed E-state index contributed by atoms with van der Waals surface area (Å²) in [6.07, 6.45) is 1.97. The van der Waals surface area contributed by atoms with Gasteiger partial charge in [-0.3, -0.25) is 19.3 Å². The molecule has 1 heterocycles. The standard InChI is InChI=1S/C14H21N3O5/c1-3-15-11(19)9(2)22-10(18)8-17-12(20)14(16-13(17)21)6-4-5-7-14/h9H,3-8H2,1-2H3,(H,15,19)(H,16,21)/t9-/m0/s1. The van der Waals surface area contributed by atoms with Crippen molar-refractivity contribution in [2.24, 2.45) is 0 Å². The second-order valence-electron chi connectivity index (χ2n) is 5.64. The van der Waals surface area contributed by atoms with Crippen LogP contribution in [0.5, 0.6) is 0 Å². The van der Waals surface area contributed by atoms with E-state index in [2.05, 4.69) is 10.6 Å². The van der Waals surface area contributed by atoms with Gasteiger partial charge in [0.15, 0.2) is 6.10 Å². The monoisotopic (exact) mass is 311 g/mol. The van der Waals surface area contributed by atoms with Gasteiger partial charge in [0.2, 0.25) is 0 Å². The smallest absolute Gasteiger partial charge is 0.327 e. The van der Waals surface area contributed by atoms with E-state index < -0.39 is 36.1 Å². The van der Waals surface area contributed by atoms with Crippen LogP contribution in [0.1, 0.15) is 39.5 Å². The summed E-state index contributed by atoms with van der Waals surface area (Å²) >= 11 is 0. The van der Waals surface area contributed by atoms with Crippen LogP contribution in [0.25, 0.3) is 0 Å². The van der Waals surface area contributed by atoms with Crippen LogP contribution in [0.3, 0.4) is 0 Å². The zero-order chi connectivity index (χ0) is 16.3. The molecule has 1 saturated carbocycles. The molecule has 8 nitrogen and oxygen atoms in total. The van der Waals surface area contributed by atoms with E-state index in [1.807, 2.05) is 0 Å². The molecule has 1 spiro atoms. The number of carbonyl (C=O) groups is 4. The van der Waals surface area contributed by atoms with Crippen molar-refractivity contribution in [3.8, 4) is 0 Å². The minimum atomic E-state index is -0.964. The fourth-order valence-electron chi connectivity index (χ4n) is 2.87. The highest BCUT2D eigenvalue weighted by Gasteiger charge is 2.52. The second kappa shape index (κ2) is 6.33. The van der Waals surface area contributed by atoms with Crippen molar-refractivity contribution < 1.29 is 23.9 Å². The van der Waals surface area contributed by atoms with Gasteiger partial charge in [0.25, 0.3) is 11.8 Å². The normalized spacial score (nSPS) is 20.9. The largest absolute Gasteiger partial charge is 0.451 e. The molecule has 0 unspecified atom stereocenters. The van der Waals surface area contributed by atoms with Crippen LogP contribution in [0.2, 0.25) is 0 Å². The molecule has 1 saturated heterocycles. The Labute approximate surface area is 128 Å². The Hall–Kier alpha value is -2.12. The lowest BCUT2D eigenvalue weighted by atomic mass is 9.98. The van der Waals surface area contributed by atoms with Gasteiger partial charge in [-0.05, 0) is 26.7 Å². The third-order valence-corrected chi connectivity index (χ3v) is 4.02. The van der Waals surface area contributed by atoms with Gasteiger partial charge in [-0.2, -0.15) is 0 Å². The van der Waals surface area contributed by atoms with Crippen molar-refractivity contribution in [1.29, 1.82) is 0 Å². The molecule has 1 aliphatic carbocycles. The van der Waals surface area contributed by atoms with E-state index in [0.717, 1.165) is 17.7 Å². The number of esters is 1. The van der Waals surface area contributed by atoms with E-state index in [9.17, 15) is 19.2 Å². The summed E-state index contributed by atoms with van der Waals surface area (Å²) in [6.45, 7) is 3.14. The Balaban J connectivity index is 1.93. The minimum absolute atomic E-state index is 0.377. The Morgan fingerprint density at radius 1 is 1.36 bits per heavy atom. The number of rotatable bonds is 5. The lowest BCUT2D eigenvalue weighted by molar-refractivity contribution is -0.156. The Morgan fingerprint density at radius 3 is 2.59 bits per heavy atom. The molecule has 22 heavy (non-hydrogen) atoms. The van der Waals surface area contributed by atoms with Gasteiger partial charge in [0, 0.05) is 6.54 Å². The highest BCUT2D eigenvalue weighted by molar-refractivity contribution is 6.08. The first-order valence-corrected chi connectivity index (χ1v) is 7.51. The molecular weight excluding hydrogens is 290 g/mol. The van der Waals surface area contributed by atoms with E-state index in [0.29, 0.717) is 19.4 Å². The number of hydrogen-bond donors (Lipinski definition) is 2. The number of nitrogens with one attached hydrogen (secondary N) is 2. The first kappa shape index (κ1) is 16.3. The van der Waals surface area contributed by atoms with Gasteiger partial charge < -0.3 is 15.4 Å². The number of nitrogens with zero attached hydrogens (tertiary/aromatic N) is 1. The van der Waals surface area contributed by atoms with Crippen LogP contribution in [0.15, 0.2) is 0 Å². The molecule has 0 radical (unpaired) electrons. The van der Waals surface area contributed by atoms with Crippen LogP contribution < -0.4 is 10.6 Å². The zero-order valence-corrected chi connectivity index (χ0v) is 12.8. The predicted octanol–water partition coefficient (Wildman–Crippen LogP) is -0.0812. The number of likely N-dealkylation sites (N-methyl/N-ethyl adjacent to an activating group) is 1. The van der Waals surface area contributed by atoms with E-state index >= 15 is 0 Å². The number of ether oxygens (including phenoxy) is 1. The quantitative estimate of drug-likeness (QED) is 0.546. The predicted molar refractivity (Wildman–Crippen MR) is 75.7 cm³/mol. The maximum atomic E-state index is 12.4. The van der Waals surface area contributed by atoms with Crippen LogP contribution >= 0.6 is 0 Å². The Kier molecular flexibility index (Phi) is 4.68. The van der Waals surface area contributed by atoms with E-state index in [4.69, 9.17) is 4.74 Å². The molecule has 2 fully saturated rings. The summed E-state index contributed by atoms with van der Waals surface area (Å²) in [6, 6.07) is -0.575. The molecule has 2 aliphatic rings. The number of urea groups is 1. The zero-order valence-electron chi connectivity index (χ0n) is 12.8. The average molecular weight is 311 g/mol. The van der Waals surface area contributed by atoms with Gasteiger partial charge in [0.1, 0.15) is 12.1 Å². The molecule has 0 aromatic carbocycles. The molecule has 0 aromatic rings. The Bertz CT molecular complexity index is 499. The number of imide groups is 1. The van der Waals surface area contributed by atoms with Crippen LogP contribution in [0.4, 0.5) is 4.79 Å². The van der Waals surface area contributed by atoms with Crippen LogP contribution in [-0.4, -0.2) is 53.4 Å². The van der Waals surface area contributed by atoms with Crippen molar-refractivity contribution in [1.82, 2.24) is 15.5 Å². The molecular formula is C14H21N3O5. The number of carbonyl (C=O) groups excluding carboxylic acids is 4. The van der Waals surface area contributed by atoms with Crippen molar-refractivity contribution in [2.75, 3.05) is 13.1 Å². The van der Waals surface area contributed by atoms with E-state index in [1.165, 1.54) is 6.92 Å². The molecule has 2 N–H and O–H groups in total. The van der Waals surface area contributed by atoms with E-state index in [-0.39, 0.29) is 5.91 Å². The SMILES string of the molecule is CCNC(=O)[C@H](C)OC(=O)CN1C(=O)NC2(CCCC2)C1=O. The number of hydrogen-bond acceptors (Lipinski definition) is 5. The molecule has 4 amide bonds. The lowest BCUT2D eigenvalue weighted by Gasteiger charge is -2.20. The third kappa shape index (κ3) is 3.05. The number of amides is 4. The molecule has 122 valence electrons. The Morgan fingerprint density at radius 2 is 2.00 bits per heavy atom. The van der Waals surface area contributed by atoms with Crippen molar-refractivity contribution >= 4 is 23.8 Å². The van der Waals surface area contributed by atoms with Crippen molar-refractivity contribution in [3.63, 3.8) is 0 Å². The topological polar surface area (TPSA) is 105 Å². The van der Waals surface area contributed by atoms with Gasteiger partial charge >= 0.3 is 12.0 Å². The maximum Gasteiger partial charge on any atom is 0.327 e. The molecule has 1 aliphatic heterocycles. The van der Waals surface area contributed by atoms with Crippen LogP contribution in [0, 0.1) is 0 Å². The third-order valence-electron chi connectivity index (χ3n) is 4.02. The highest BCUT2D eigenvalue weighted by Crippen LogP contribution is 2.34. The van der Waals surface area contributed by atoms with Crippen molar-refractivity contribution in [3.05, 3.63) is 0 Å². The van der Waals surface area contributed by atoms with Gasteiger partial charge in [0.05, 0.1) is 0 Å². The summed E-state index contributed by atoms with van der Waals surface area (Å²) < 4.78 is 4.95. The summed E-state index contributed by atoms with van der Waals surface area (Å²) in [7, 11) is 0. The summed E-state index contributed by atoms with van der Waals surface area (Å²) in [4.78, 5) is 48.5. The van der Waals surface area contributed by atoms with Gasteiger partial charge in [-0.15, -0.1) is 0 Å². The van der Waals surface area contributed by atoms with Crippen LogP contribution in [-0.2, 0) is 19.1 Å². The van der Waals surface area contributed by atoms with Crippen molar-refractivity contribution in [2.45, 2.75) is 51.2 Å². The van der Waals surface area contributed by atoms with Gasteiger partial charge in [-0.1, -0.05) is 12.8 Å². The summed E-state index contributed by atoms with van der Waals surface area (Å²) in [5, 5.41) is 5.21. The average Bonchev–Trinajstić information content (AvgIpc) is 3.01. The molecule has 8 heteroatoms. The first-order valence-electron chi connectivity index (χ1n) is 7.51. The highest BCUT2D eigenvalue weighted by atomic mass is 16.5. The molecule has 0 aromatic heterocycles. The lowest BCUT2D eigenvalue weighted by Crippen LogP contribution is -2.45. The fraction of sp³-hybridized carbons (Fsp3) is 0.714. The molecule has 0 bridgehead atoms. The summed E-state index contributed by atoms with van der Waals surface area (Å²) in [5.74, 6) is -1.57.